The number of benzene rings is 4. The largest absolute Gasteiger partial charge is 0.371 e. The van der Waals surface area contributed by atoms with Gasteiger partial charge in [0.2, 0.25) is 0 Å². The van der Waals surface area contributed by atoms with Gasteiger partial charge in [-0.1, -0.05) is 156 Å². The van der Waals surface area contributed by atoms with Crippen molar-refractivity contribution in [3.05, 3.63) is 161 Å². The van der Waals surface area contributed by atoms with E-state index in [0.29, 0.717) is 12.5 Å². The van der Waals surface area contributed by atoms with E-state index in [0.717, 1.165) is 68.2 Å². The Labute approximate surface area is 318 Å². The summed E-state index contributed by atoms with van der Waals surface area (Å²) in [5, 5.41) is 0. The minimum Gasteiger partial charge on any atom is -0.371 e. The van der Waals surface area contributed by atoms with E-state index in [2.05, 4.69) is 140 Å². The standard InChI is InChI=1S/C45H50N4O.C2H6.CH4/c1-4-6-17-40-43-44(47-31-46-40)49(32-48-43)41-28-36(29-42(41)50-30-35-13-9-7-10-14-35)26-27-45(37-15-11-8-12-16-37,38-22-18-33(3)19-23-38)39-24-20-34(5-2)21-25-39;1-2;/h7-16,18-25,31-32,36,41-42H,4-6,17,26-30H2,1-3H3;1-2H3;1H4. The number of hydrogen-bond acceptors (Lipinski definition) is 4. The van der Waals surface area contributed by atoms with Crippen molar-refractivity contribution in [2.45, 2.75) is 118 Å². The molecule has 0 amide bonds. The molecule has 0 aliphatic heterocycles. The van der Waals surface area contributed by atoms with E-state index in [9.17, 15) is 0 Å². The van der Waals surface area contributed by atoms with Crippen molar-refractivity contribution in [3.63, 3.8) is 0 Å². The molecule has 4 unspecified atom stereocenters. The molecule has 1 aliphatic carbocycles. The maximum absolute atomic E-state index is 6.83. The van der Waals surface area contributed by atoms with Crippen LogP contribution in [0.5, 0.6) is 0 Å². The molecule has 1 saturated carbocycles. The van der Waals surface area contributed by atoms with Crippen LogP contribution in [0.3, 0.4) is 0 Å². The zero-order valence-electron chi connectivity index (χ0n) is 31.8. The van der Waals surface area contributed by atoms with Crippen molar-refractivity contribution in [3.8, 4) is 0 Å². The minimum atomic E-state index is -0.275. The van der Waals surface area contributed by atoms with Gasteiger partial charge in [0.25, 0.3) is 0 Å². The van der Waals surface area contributed by atoms with Crippen molar-refractivity contribution >= 4 is 11.2 Å². The van der Waals surface area contributed by atoms with Gasteiger partial charge in [-0.2, -0.15) is 0 Å². The van der Waals surface area contributed by atoms with Gasteiger partial charge in [0, 0.05) is 5.41 Å². The molecule has 278 valence electrons. The van der Waals surface area contributed by atoms with Gasteiger partial charge < -0.3 is 9.30 Å². The van der Waals surface area contributed by atoms with Crippen LogP contribution in [-0.2, 0) is 29.6 Å². The molecule has 5 heteroatoms. The predicted octanol–water partition coefficient (Wildman–Crippen LogP) is 12.1. The van der Waals surface area contributed by atoms with Crippen LogP contribution in [0.4, 0.5) is 0 Å². The normalized spacial score (nSPS) is 17.8. The van der Waals surface area contributed by atoms with E-state index in [4.69, 9.17) is 14.7 Å². The molecule has 1 aliphatic rings. The number of imidazole rings is 1. The van der Waals surface area contributed by atoms with Crippen LogP contribution >= 0.6 is 0 Å². The molecule has 0 N–H and O–H groups in total. The SMILES string of the molecule is C.CC.CCCCc1ncnc2c1ncn2C1CC(CCC(c2ccccc2)(c2ccc(C)cc2)c2ccc(CC)cc2)CC1OCc1ccccc1. The topological polar surface area (TPSA) is 52.8 Å². The highest BCUT2D eigenvalue weighted by Crippen LogP contribution is 2.47. The second-order valence-electron chi connectivity index (χ2n) is 14.2. The van der Waals surface area contributed by atoms with Crippen LogP contribution in [0.1, 0.15) is 119 Å². The van der Waals surface area contributed by atoms with Crippen molar-refractivity contribution in [2.75, 3.05) is 0 Å². The third kappa shape index (κ3) is 8.79. The lowest BCUT2D eigenvalue weighted by molar-refractivity contribution is 0.0186. The van der Waals surface area contributed by atoms with Crippen LogP contribution in [-0.4, -0.2) is 25.6 Å². The summed E-state index contributed by atoms with van der Waals surface area (Å²) in [7, 11) is 0. The lowest BCUT2D eigenvalue weighted by Gasteiger charge is -2.37. The van der Waals surface area contributed by atoms with Crippen LogP contribution < -0.4 is 0 Å². The van der Waals surface area contributed by atoms with Gasteiger partial charge in [-0.05, 0) is 85.6 Å². The highest BCUT2D eigenvalue weighted by molar-refractivity contribution is 5.73. The van der Waals surface area contributed by atoms with Gasteiger partial charge in [0.1, 0.15) is 11.8 Å². The first kappa shape index (κ1) is 39.6. The molecule has 0 saturated heterocycles. The van der Waals surface area contributed by atoms with E-state index in [-0.39, 0.29) is 25.0 Å². The molecule has 0 bridgehead atoms. The highest BCUT2D eigenvalue weighted by Gasteiger charge is 2.41. The number of hydrogen-bond donors (Lipinski definition) is 0. The maximum atomic E-state index is 6.83. The molecule has 53 heavy (non-hydrogen) atoms. The third-order valence-electron chi connectivity index (χ3n) is 11.0. The summed E-state index contributed by atoms with van der Waals surface area (Å²) in [5.41, 5.74) is 10.5. The van der Waals surface area contributed by atoms with E-state index >= 15 is 0 Å². The Kier molecular flexibility index (Phi) is 14.1. The lowest BCUT2D eigenvalue weighted by atomic mass is 9.65. The van der Waals surface area contributed by atoms with Crippen LogP contribution in [0.2, 0.25) is 0 Å². The molecule has 1 fully saturated rings. The number of aryl methyl sites for hydroxylation is 3. The van der Waals surface area contributed by atoms with Gasteiger partial charge >= 0.3 is 0 Å². The number of unbranched alkanes of at least 4 members (excludes halogenated alkanes) is 1. The second kappa shape index (κ2) is 18.9. The molecule has 6 aromatic rings. The second-order valence-corrected chi connectivity index (χ2v) is 14.2. The number of ether oxygens (including phenoxy) is 1. The quantitative estimate of drug-likeness (QED) is 0.106. The van der Waals surface area contributed by atoms with Crippen LogP contribution in [0.25, 0.3) is 11.2 Å². The average Bonchev–Trinajstić information content (AvgIpc) is 3.83. The first-order chi connectivity index (χ1) is 25.6. The maximum Gasteiger partial charge on any atom is 0.163 e. The number of nitrogens with zero attached hydrogens (tertiary/aromatic N) is 4. The molecule has 0 spiro atoms. The Morgan fingerprint density at radius 3 is 2.04 bits per heavy atom. The molecule has 5 nitrogen and oxygen atoms in total. The summed E-state index contributed by atoms with van der Waals surface area (Å²) in [6.45, 7) is 11.2. The van der Waals surface area contributed by atoms with Gasteiger partial charge in [0.15, 0.2) is 5.65 Å². The van der Waals surface area contributed by atoms with E-state index in [1.807, 2.05) is 20.2 Å². The monoisotopic (exact) mass is 708 g/mol. The Bertz CT molecular complexity index is 1950. The van der Waals surface area contributed by atoms with Crippen molar-refractivity contribution in [2.24, 2.45) is 5.92 Å². The summed E-state index contributed by atoms with van der Waals surface area (Å²) in [6, 6.07) is 40.5. The van der Waals surface area contributed by atoms with Gasteiger partial charge in [-0.15, -0.1) is 0 Å². The zero-order valence-corrected chi connectivity index (χ0v) is 31.8. The van der Waals surface area contributed by atoms with Gasteiger partial charge in [-0.3, -0.25) is 0 Å². The third-order valence-corrected chi connectivity index (χ3v) is 11.0. The minimum absolute atomic E-state index is 0. The molecule has 2 heterocycles. The van der Waals surface area contributed by atoms with Crippen molar-refractivity contribution in [1.29, 1.82) is 0 Å². The Morgan fingerprint density at radius 1 is 0.736 bits per heavy atom. The molecule has 0 radical (unpaired) electrons. The van der Waals surface area contributed by atoms with Gasteiger partial charge in [0.05, 0.1) is 30.8 Å². The lowest BCUT2D eigenvalue weighted by Crippen LogP contribution is -2.30. The molecular weight excluding hydrogens is 649 g/mol. The Morgan fingerprint density at radius 2 is 1.38 bits per heavy atom. The molecule has 2 aromatic heterocycles. The smallest absolute Gasteiger partial charge is 0.163 e. The van der Waals surface area contributed by atoms with Crippen LogP contribution in [0.15, 0.2) is 122 Å². The number of aromatic nitrogens is 4. The fourth-order valence-corrected chi connectivity index (χ4v) is 8.17. The highest BCUT2D eigenvalue weighted by atomic mass is 16.5. The molecule has 4 aromatic carbocycles. The summed E-state index contributed by atoms with van der Waals surface area (Å²) < 4.78 is 9.13. The molecule has 7 rings (SSSR count). The van der Waals surface area contributed by atoms with E-state index in [1.165, 1.54) is 33.4 Å². The summed E-state index contributed by atoms with van der Waals surface area (Å²) in [5.74, 6) is 0.475. The van der Waals surface area contributed by atoms with E-state index < -0.39 is 0 Å². The van der Waals surface area contributed by atoms with E-state index in [1.54, 1.807) is 6.33 Å². The summed E-state index contributed by atoms with van der Waals surface area (Å²) in [4.78, 5) is 14.3. The van der Waals surface area contributed by atoms with Crippen molar-refractivity contribution in [1.82, 2.24) is 19.5 Å². The summed E-state index contributed by atoms with van der Waals surface area (Å²) >= 11 is 0. The Balaban J connectivity index is 0.00000178. The number of rotatable bonds is 14. The predicted molar refractivity (Wildman–Crippen MR) is 221 cm³/mol. The first-order valence-corrected chi connectivity index (χ1v) is 19.6. The zero-order chi connectivity index (χ0) is 36.3. The summed E-state index contributed by atoms with van der Waals surface area (Å²) in [6.07, 6.45) is 12.0. The fourth-order valence-electron chi connectivity index (χ4n) is 8.17. The van der Waals surface area contributed by atoms with Crippen LogP contribution in [0, 0.1) is 12.8 Å². The van der Waals surface area contributed by atoms with Crippen molar-refractivity contribution < 1.29 is 4.74 Å². The molecule has 4 atom stereocenters. The average molecular weight is 709 g/mol. The molecular formula is C48H60N4O. The Hall–Kier alpha value is -4.61. The number of fused-ring (bicyclic) bond motifs is 1. The fraction of sp³-hybridized carbons (Fsp3) is 0.396. The first-order valence-electron chi connectivity index (χ1n) is 19.6. The van der Waals surface area contributed by atoms with Gasteiger partial charge in [-0.25, -0.2) is 15.0 Å².